The first kappa shape index (κ1) is 24.3. The van der Waals surface area contributed by atoms with Gasteiger partial charge in [0.1, 0.15) is 0 Å². The summed E-state index contributed by atoms with van der Waals surface area (Å²) in [5.74, 6) is 0. The van der Waals surface area contributed by atoms with Gasteiger partial charge in [-0.05, 0) is 61.6 Å². The number of aromatic nitrogens is 1. The lowest BCUT2D eigenvalue weighted by Gasteiger charge is -2.32. The number of halogens is 3. The number of hydrogen-bond donors (Lipinski definition) is 2. The van der Waals surface area contributed by atoms with Gasteiger partial charge in [-0.25, -0.2) is 4.79 Å². The van der Waals surface area contributed by atoms with Crippen molar-refractivity contribution in [1.29, 1.82) is 0 Å². The van der Waals surface area contributed by atoms with E-state index in [-0.39, 0.29) is 17.8 Å². The number of rotatable bonds is 6. The number of urea groups is 1. The number of carbonyl (C=O) groups excluding carboxylic acids is 1. The van der Waals surface area contributed by atoms with E-state index in [0.29, 0.717) is 38.6 Å². The summed E-state index contributed by atoms with van der Waals surface area (Å²) in [7, 11) is 0. The van der Waals surface area contributed by atoms with Crippen LogP contribution in [0.25, 0.3) is 0 Å². The van der Waals surface area contributed by atoms with Crippen LogP contribution in [0.1, 0.15) is 36.8 Å². The van der Waals surface area contributed by atoms with Gasteiger partial charge in [0.25, 0.3) is 0 Å². The summed E-state index contributed by atoms with van der Waals surface area (Å²) in [6, 6.07) is 6.71. The predicted molar refractivity (Wildman–Crippen MR) is 122 cm³/mol. The van der Waals surface area contributed by atoms with Gasteiger partial charge < -0.3 is 25.0 Å². The molecule has 0 unspecified atom stereocenters. The molecule has 2 N–H and O–H groups in total. The SMILES string of the molecule is O=C(Nc1cc(C(F)(F)F)ccc1N1CCOCC1)N[C@H]1CC[C@H](OCc2ccncc2)CC1. The Hall–Kier alpha value is -2.85. The van der Waals surface area contributed by atoms with Crippen molar-refractivity contribution in [2.75, 3.05) is 36.5 Å². The first-order chi connectivity index (χ1) is 16.4. The normalized spacial score (nSPS) is 21.2. The molecule has 2 aromatic rings. The molecule has 0 radical (unpaired) electrons. The fourth-order valence-corrected chi connectivity index (χ4v) is 4.30. The zero-order valence-electron chi connectivity index (χ0n) is 18.8. The molecule has 10 heteroatoms. The molecule has 1 aromatic heterocycles. The number of ether oxygens (including phenoxy) is 2. The summed E-state index contributed by atoms with van der Waals surface area (Å²) in [4.78, 5) is 18.6. The summed E-state index contributed by atoms with van der Waals surface area (Å²) in [6.45, 7) is 2.58. The van der Waals surface area contributed by atoms with Crippen LogP contribution in [0, 0.1) is 0 Å². The largest absolute Gasteiger partial charge is 0.416 e. The lowest BCUT2D eigenvalue weighted by molar-refractivity contribution is -0.137. The number of carbonyl (C=O) groups is 1. The van der Waals surface area contributed by atoms with E-state index in [1.807, 2.05) is 17.0 Å². The number of nitrogens with one attached hydrogen (secondary N) is 2. The molecule has 1 aromatic carbocycles. The second-order valence-electron chi connectivity index (χ2n) is 8.57. The summed E-state index contributed by atoms with van der Waals surface area (Å²) in [5.41, 5.74) is 0.960. The smallest absolute Gasteiger partial charge is 0.378 e. The number of benzene rings is 1. The third-order valence-electron chi connectivity index (χ3n) is 6.17. The Labute approximate surface area is 196 Å². The van der Waals surface area contributed by atoms with Crippen LogP contribution >= 0.6 is 0 Å². The van der Waals surface area contributed by atoms with Gasteiger partial charge in [0.15, 0.2) is 0 Å². The lowest BCUT2D eigenvalue weighted by atomic mass is 9.93. The van der Waals surface area contributed by atoms with Gasteiger partial charge in [0.05, 0.1) is 42.9 Å². The molecule has 0 atom stereocenters. The Kier molecular flexibility index (Phi) is 7.89. The summed E-state index contributed by atoms with van der Waals surface area (Å²) < 4.78 is 51.2. The van der Waals surface area contributed by atoms with E-state index < -0.39 is 17.8 Å². The number of amides is 2. The third kappa shape index (κ3) is 6.60. The Balaban J connectivity index is 1.32. The maximum Gasteiger partial charge on any atom is 0.416 e. The van der Waals surface area contributed by atoms with Gasteiger partial charge in [0, 0.05) is 31.5 Å². The van der Waals surface area contributed by atoms with Crippen LogP contribution in [-0.2, 0) is 22.3 Å². The number of morpholine rings is 1. The fraction of sp³-hybridized carbons (Fsp3) is 0.500. The minimum Gasteiger partial charge on any atom is -0.378 e. The highest BCUT2D eigenvalue weighted by molar-refractivity contribution is 5.93. The molecular formula is C24H29F3N4O3. The van der Waals surface area contributed by atoms with Gasteiger partial charge in [-0.1, -0.05) is 0 Å². The average molecular weight is 479 g/mol. The van der Waals surface area contributed by atoms with E-state index in [1.54, 1.807) is 12.4 Å². The molecular weight excluding hydrogens is 449 g/mol. The van der Waals surface area contributed by atoms with Crippen molar-refractivity contribution in [2.45, 2.75) is 50.6 Å². The molecule has 0 spiro atoms. The van der Waals surface area contributed by atoms with Crippen LogP contribution in [0.4, 0.5) is 29.3 Å². The second-order valence-corrected chi connectivity index (χ2v) is 8.57. The van der Waals surface area contributed by atoms with Gasteiger partial charge in [0.2, 0.25) is 0 Å². The molecule has 1 aliphatic carbocycles. The van der Waals surface area contributed by atoms with E-state index in [9.17, 15) is 18.0 Å². The molecule has 2 aliphatic rings. The molecule has 1 saturated heterocycles. The molecule has 2 heterocycles. The van der Waals surface area contributed by atoms with E-state index in [4.69, 9.17) is 9.47 Å². The molecule has 184 valence electrons. The summed E-state index contributed by atoms with van der Waals surface area (Å²) >= 11 is 0. The van der Waals surface area contributed by atoms with Crippen LogP contribution in [-0.4, -0.2) is 49.5 Å². The third-order valence-corrected chi connectivity index (χ3v) is 6.17. The number of anilines is 2. The average Bonchev–Trinajstić information content (AvgIpc) is 2.84. The van der Waals surface area contributed by atoms with Crippen molar-refractivity contribution in [1.82, 2.24) is 10.3 Å². The molecule has 1 aliphatic heterocycles. The van der Waals surface area contributed by atoms with Crippen LogP contribution in [0.5, 0.6) is 0 Å². The van der Waals surface area contributed by atoms with Gasteiger partial charge in [-0.15, -0.1) is 0 Å². The summed E-state index contributed by atoms with van der Waals surface area (Å²) in [5, 5.41) is 5.57. The Morgan fingerprint density at radius 2 is 1.79 bits per heavy atom. The molecule has 34 heavy (non-hydrogen) atoms. The molecule has 4 rings (SSSR count). The van der Waals surface area contributed by atoms with Crippen LogP contribution < -0.4 is 15.5 Å². The monoisotopic (exact) mass is 478 g/mol. The zero-order chi connectivity index (χ0) is 24.0. The summed E-state index contributed by atoms with van der Waals surface area (Å²) in [6.07, 6.45) is 2.17. The molecule has 2 amide bonds. The first-order valence-corrected chi connectivity index (χ1v) is 11.5. The van der Waals surface area contributed by atoms with Gasteiger partial charge in [-0.3, -0.25) is 4.98 Å². The van der Waals surface area contributed by atoms with Crippen molar-refractivity contribution >= 4 is 17.4 Å². The van der Waals surface area contributed by atoms with Crippen molar-refractivity contribution in [3.63, 3.8) is 0 Å². The molecule has 0 bridgehead atoms. The predicted octanol–water partition coefficient (Wildman–Crippen LogP) is 4.59. The van der Waals surface area contributed by atoms with E-state index >= 15 is 0 Å². The van der Waals surface area contributed by atoms with Crippen LogP contribution in [0.3, 0.4) is 0 Å². The highest BCUT2D eigenvalue weighted by Crippen LogP contribution is 2.36. The Bertz CT molecular complexity index is 944. The quantitative estimate of drug-likeness (QED) is 0.636. The Morgan fingerprint density at radius 1 is 1.09 bits per heavy atom. The van der Waals surface area contributed by atoms with Crippen molar-refractivity contribution in [3.05, 3.63) is 53.9 Å². The topological polar surface area (TPSA) is 75.7 Å². The number of pyridine rings is 1. The van der Waals surface area contributed by atoms with Crippen LogP contribution in [0.2, 0.25) is 0 Å². The number of hydrogen-bond acceptors (Lipinski definition) is 5. The van der Waals surface area contributed by atoms with Crippen molar-refractivity contribution in [3.8, 4) is 0 Å². The highest BCUT2D eigenvalue weighted by atomic mass is 19.4. The molecule has 2 fully saturated rings. The standard InChI is InChI=1S/C24H29F3N4O3/c25-24(26,27)18-1-6-22(31-11-13-33-14-12-31)21(15-18)30-23(32)29-19-2-4-20(5-3-19)34-16-17-7-9-28-10-8-17/h1,6-10,15,19-20H,2-5,11-14,16H2,(H2,29,30,32)/t19-,20-. The van der Waals surface area contributed by atoms with E-state index in [2.05, 4.69) is 15.6 Å². The van der Waals surface area contributed by atoms with Crippen molar-refractivity contribution < 1.29 is 27.4 Å². The first-order valence-electron chi connectivity index (χ1n) is 11.5. The maximum atomic E-state index is 13.3. The van der Waals surface area contributed by atoms with E-state index in [1.165, 1.54) is 6.07 Å². The minimum atomic E-state index is -4.49. The second kappa shape index (κ2) is 11.1. The molecule has 7 nitrogen and oxygen atoms in total. The highest BCUT2D eigenvalue weighted by Gasteiger charge is 2.32. The van der Waals surface area contributed by atoms with Crippen molar-refractivity contribution in [2.24, 2.45) is 0 Å². The lowest BCUT2D eigenvalue weighted by Crippen LogP contribution is -2.42. The van der Waals surface area contributed by atoms with Gasteiger partial charge >= 0.3 is 12.2 Å². The van der Waals surface area contributed by atoms with E-state index in [0.717, 1.165) is 43.4 Å². The molecule has 1 saturated carbocycles. The number of alkyl halides is 3. The Morgan fingerprint density at radius 3 is 2.47 bits per heavy atom. The van der Waals surface area contributed by atoms with Crippen LogP contribution in [0.15, 0.2) is 42.7 Å². The maximum absolute atomic E-state index is 13.3. The zero-order valence-corrected chi connectivity index (χ0v) is 18.8. The minimum absolute atomic E-state index is 0.0570. The number of nitrogens with zero attached hydrogens (tertiary/aromatic N) is 2. The fourth-order valence-electron chi connectivity index (χ4n) is 4.30. The van der Waals surface area contributed by atoms with Gasteiger partial charge in [-0.2, -0.15) is 13.2 Å².